The molecule has 0 aliphatic carbocycles. The van der Waals surface area contributed by atoms with E-state index in [0.29, 0.717) is 16.4 Å². The molecule has 140 valence electrons. The van der Waals surface area contributed by atoms with Gasteiger partial charge < -0.3 is 5.32 Å². The first-order valence-electron chi connectivity index (χ1n) is 8.96. The first-order chi connectivity index (χ1) is 13.5. The molecule has 0 aliphatic heterocycles. The van der Waals surface area contributed by atoms with Crippen molar-refractivity contribution in [2.45, 2.75) is 20.4 Å². The van der Waals surface area contributed by atoms with E-state index < -0.39 is 0 Å². The van der Waals surface area contributed by atoms with Crippen molar-refractivity contribution in [1.29, 1.82) is 0 Å². The van der Waals surface area contributed by atoms with E-state index in [9.17, 15) is 4.79 Å². The summed E-state index contributed by atoms with van der Waals surface area (Å²) in [5.74, 6) is -0.184. The molecule has 4 rings (SSSR count). The minimum Gasteiger partial charge on any atom is -0.324 e. The molecule has 1 N–H and O–H groups in total. The van der Waals surface area contributed by atoms with Crippen molar-refractivity contribution in [3.8, 4) is 11.1 Å². The van der Waals surface area contributed by atoms with E-state index in [1.54, 1.807) is 16.9 Å². The van der Waals surface area contributed by atoms with Gasteiger partial charge in [0.05, 0.1) is 5.69 Å². The summed E-state index contributed by atoms with van der Waals surface area (Å²) in [7, 11) is 0. The second kappa shape index (κ2) is 7.44. The summed E-state index contributed by atoms with van der Waals surface area (Å²) in [5.41, 5.74) is 5.30. The second-order valence-electron chi connectivity index (χ2n) is 6.68. The van der Waals surface area contributed by atoms with Gasteiger partial charge in [-0.2, -0.15) is 5.10 Å². The number of aryl methyl sites for hydroxylation is 2. The van der Waals surface area contributed by atoms with Crippen LogP contribution in [0.15, 0.2) is 60.8 Å². The van der Waals surface area contributed by atoms with Crippen LogP contribution in [0.4, 0.5) is 5.69 Å². The van der Waals surface area contributed by atoms with E-state index in [2.05, 4.69) is 27.5 Å². The summed E-state index contributed by atoms with van der Waals surface area (Å²) in [4.78, 5) is 17.0. The fourth-order valence-electron chi connectivity index (χ4n) is 3.26. The van der Waals surface area contributed by atoms with Crippen LogP contribution in [-0.4, -0.2) is 20.7 Å². The highest BCUT2D eigenvalue weighted by Gasteiger charge is 2.16. The number of fused-ring (bicyclic) bond motifs is 1. The fourth-order valence-corrected chi connectivity index (χ4v) is 3.44. The van der Waals surface area contributed by atoms with Crippen molar-refractivity contribution >= 4 is 34.2 Å². The van der Waals surface area contributed by atoms with Gasteiger partial charge in [0, 0.05) is 22.3 Å². The summed E-state index contributed by atoms with van der Waals surface area (Å²) < 4.78 is 1.64. The minimum atomic E-state index is -0.184. The third-order valence-corrected chi connectivity index (χ3v) is 5.05. The highest BCUT2D eigenvalue weighted by atomic mass is 35.5. The SMILES string of the molecule is Cc1ccc(NC(=O)Cn2nc(C)c3c(-c4ccccc4)ccnc32)cc1Cl. The largest absolute Gasteiger partial charge is 0.324 e. The Bertz CT molecular complexity index is 1170. The zero-order valence-electron chi connectivity index (χ0n) is 15.6. The van der Waals surface area contributed by atoms with Gasteiger partial charge in [0.2, 0.25) is 5.91 Å². The standard InChI is InChI=1S/C22H19ClN4O/c1-14-8-9-17(12-19(14)23)25-20(28)13-27-22-21(15(2)26-27)18(10-11-24-22)16-6-4-3-5-7-16/h3-12H,13H2,1-2H3,(H,25,28). The van der Waals surface area contributed by atoms with Crippen molar-refractivity contribution in [2.75, 3.05) is 5.32 Å². The van der Waals surface area contributed by atoms with Crippen molar-refractivity contribution in [3.63, 3.8) is 0 Å². The lowest BCUT2D eigenvalue weighted by Gasteiger charge is -2.08. The molecular formula is C22H19ClN4O. The number of anilines is 1. The van der Waals surface area contributed by atoms with Crippen LogP contribution in [0.2, 0.25) is 5.02 Å². The maximum Gasteiger partial charge on any atom is 0.246 e. The smallest absolute Gasteiger partial charge is 0.246 e. The molecule has 0 fully saturated rings. The Kier molecular flexibility index (Phi) is 4.84. The quantitative estimate of drug-likeness (QED) is 0.533. The third-order valence-electron chi connectivity index (χ3n) is 4.64. The van der Waals surface area contributed by atoms with Gasteiger partial charge in [-0.15, -0.1) is 0 Å². The molecule has 0 saturated heterocycles. The molecule has 5 nitrogen and oxygen atoms in total. The Morgan fingerprint density at radius 1 is 1.11 bits per heavy atom. The first-order valence-corrected chi connectivity index (χ1v) is 9.34. The third kappa shape index (κ3) is 3.49. The van der Waals surface area contributed by atoms with Gasteiger partial charge in [0.25, 0.3) is 0 Å². The summed E-state index contributed by atoms with van der Waals surface area (Å²) in [6.45, 7) is 3.92. The summed E-state index contributed by atoms with van der Waals surface area (Å²) in [5, 5.41) is 9.00. The zero-order chi connectivity index (χ0) is 19.7. The van der Waals surface area contributed by atoms with Crippen molar-refractivity contribution in [3.05, 3.63) is 77.1 Å². The minimum absolute atomic E-state index is 0.0705. The molecule has 0 bridgehead atoms. The van der Waals surface area contributed by atoms with E-state index in [4.69, 9.17) is 11.6 Å². The molecule has 0 aliphatic rings. The van der Waals surface area contributed by atoms with Gasteiger partial charge in [-0.05, 0) is 48.7 Å². The molecule has 0 atom stereocenters. The van der Waals surface area contributed by atoms with E-state index in [-0.39, 0.29) is 12.5 Å². The summed E-state index contributed by atoms with van der Waals surface area (Å²) >= 11 is 6.14. The van der Waals surface area contributed by atoms with Crippen LogP contribution < -0.4 is 5.32 Å². The highest BCUT2D eigenvalue weighted by Crippen LogP contribution is 2.29. The monoisotopic (exact) mass is 390 g/mol. The van der Waals surface area contributed by atoms with Crippen LogP contribution in [-0.2, 0) is 11.3 Å². The fraction of sp³-hybridized carbons (Fsp3) is 0.136. The second-order valence-corrected chi connectivity index (χ2v) is 7.09. The molecule has 2 heterocycles. The normalized spacial score (nSPS) is 11.0. The number of rotatable bonds is 4. The number of hydrogen-bond donors (Lipinski definition) is 1. The van der Waals surface area contributed by atoms with Gasteiger partial charge in [0.1, 0.15) is 6.54 Å². The first kappa shape index (κ1) is 18.2. The molecule has 0 radical (unpaired) electrons. The van der Waals surface area contributed by atoms with Crippen LogP contribution in [0.1, 0.15) is 11.3 Å². The number of carbonyl (C=O) groups is 1. The van der Waals surface area contributed by atoms with Crippen LogP contribution in [0.3, 0.4) is 0 Å². The Balaban J connectivity index is 1.64. The lowest BCUT2D eigenvalue weighted by Crippen LogP contribution is -2.19. The number of pyridine rings is 1. The van der Waals surface area contributed by atoms with E-state index >= 15 is 0 Å². The molecule has 1 amide bonds. The number of halogens is 1. The van der Waals surface area contributed by atoms with E-state index in [1.165, 1.54) is 0 Å². The Hall–Kier alpha value is -3.18. The number of benzene rings is 2. The summed E-state index contributed by atoms with van der Waals surface area (Å²) in [6.07, 6.45) is 1.75. The maximum atomic E-state index is 12.5. The van der Waals surface area contributed by atoms with Gasteiger partial charge >= 0.3 is 0 Å². The predicted octanol–water partition coefficient (Wildman–Crippen LogP) is 5.01. The highest BCUT2D eigenvalue weighted by molar-refractivity contribution is 6.31. The molecule has 2 aromatic heterocycles. The van der Waals surface area contributed by atoms with Crippen molar-refractivity contribution in [1.82, 2.24) is 14.8 Å². The molecule has 4 aromatic rings. The molecule has 28 heavy (non-hydrogen) atoms. The Morgan fingerprint density at radius 2 is 1.89 bits per heavy atom. The lowest BCUT2D eigenvalue weighted by atomic mass is 10.0. The lowest BCUT2D eigenvalue weighted by molar-refractivity contribution is -0.116. The van der Waals surface area contributed by atoms with Crippen molar-refractivity contribution in [2.24, 2.45) is 0 Å². The number of aromatic nitrogens is 3. The van der Waals surface area contributed by atoms with Crippen LogP contribution >= 0.6 is 11.6 Å². The number of nitrogens with zero attached hydrogens (tertiary/aromatic N) is 3. The van der Waals surface area contributed by atoms with Crippen molar-refractivity contribution < 1.29 is 4.79 Å². The number of hydrogen-bond acceptors (Lipinski definition) is 3. The van der Waals surface area contributed by atoms with Crippen LogP contribution in [0.25, 0.3) is 22.2 Å². The molecule has 0 saturated carbocycles. The number of nitrogens with one attached hydrogen (secondary N) is 1. The number of carbonyl (C=O) groups excluding carboxylic acids is 1. The van der Waals surface area contributed by atoms with E-state index in [0.717, 1.165) is 27.8 Å². The Labute approximate surface area is 168 Å². The zero-order valence-corrected chi connectivity index (χ0v) is 16.4. The average Bonchev–Trinajstić information content (AvgIpc) is 3.01. The predicted molar refractivity (Wildman–Crippen MR) is 113 cm³/mol. The topological polar surface area (TPSA) is 59.8 Å². The van der Waals surface area contributed by atoms with Gasteiger partial charge in [-0.1, -0.05) is 48.0 Å². The molecule has 2 aromatic carbocycles. The number of amides is 1. The van der Waals surface area contributed by atoms with E-state index in [1.807, 2.05) is 50.2 Å². The average molecular weight is 391 g/mol. The maximum absolute atomic E-state index is 12.5. The molecule has 0 spiro atoms. The van der Waals surface area contributed by atoms with Crippen LogP contribution in [0, 0.1) is 13.8 Å². The van der Waals surface area contributed by atoms with Gasteiger partial charge in [-0.3, -0.25) is 4.79 Å². The summed E-state index contributed by atoms with van der Waals surface area (Å²) in [6, 6.07) is 17.5. The molecule has 0 unspecified atom stereocenters. The Morgan fingerprint density at radius 3 is 2.64 bits per heavy atom. The van der Waals surface area contributed by atoms with Gasteiger partial charge in [0.15, 0.2) is 5.65 Å². The molecular weight excluding hydrogens is 372 g/mol. The van der Waals surface area contributed by atoms with Gasteiger partial charge in [-0.25, -0.2) is 9.67 Å². The molecule has 6 heteroatoms. The van der Waals surface area contributed by atoms with Crippen LogP contribution in [0.5, 0.6) is 0 Å².